The van der Waals surface area contributed by atoms with E-state index in [0.717, 1.165) is 12.3 Å². The van der Waals surface area contributed by atoms with Crippen LogP contribution < -0.4 is 14.3 Å². The van der Waals surface area contributed by atoms with E-state index in [-0.39, 0.29) is 33.7 Å². The fraction of sp³-hybridized carbons (Fsp3) is 0.192. The van der Waals surface area contributed by atoms with E-state index in [1.165, 1.54) is 18.3 Å². The zero-order chi connectivity index (χ0) is 29.0. The minimum atomic E-state index is -5.41. The molecule has 0 fully saturated rings. The van der Waals surface area contributed by atoms with Crippen LogP contribution in [0.15, 0.2) is 53.6 Å². The summed E-state index contributed by atoms with van der Waals surface area (Å²) in [6.45, 7) is 2.00. The standard InChI is InChI=1S/C26H18F4N4O5S/c1-13(2)34-21-7-18(15-6-16(11-32-10-15)39-40(30,36)37)22(38-12-26(27,28)29)8-19(21)24(35)23-17-4-3-14(9-31)5-20(17)33-25(23)34/h3-8,10-11,13,33H,12H2,1-2H3. The molecule has 0 aliphatic carbocycles. The highest BCUT2D eigenvalue weighted by Crippen LogP contribution is 2.38. The molecule has 0 radical (unpaired) electrons. The van der Waals surface area contributed by atoms with Crippen LogP contribution in [-0.2, 0) is 10.5 Å². The number of benzene rings is 2. The van der Waals surface area contributed by atoms with Crippen LogP contribution in [0.4, 0.5) is 17.1 Å². The molecule has 2 aromatic carbocycles. The van der Waals surface area contributed by atoms with E-state index in [1.54, 1.807) is 22.8 Å². The third-order valence-corrected chi connectivity index (χ3v) is 6.50. The summed E-state index contributed by atoms with van der Waals surface area (Å²) in [7, 11) is -5.41. The molecule has 40 heavy (non-hydrogen) atoms. The van der Waals surface area contributed by atoms with Gasteiger partial charge in [0.2, 0.25) is 0 Å². The molecule has 0 saturated carbocycles. The van der Waals surface area contributed by atoms with Crippen LogP contribution >= 0.6 is 0 Å². The van der Waals surface area contributed by atoms with Crippen LogP contribution in [-0.4, -0.2) is 35.7 Å². The summed E-state index contributed by atoms with van der Waals surface area (Å²) >= 11 is 0. The lowest BCUT2D eigenvalue weighted by atomic mass is 10.0. The lowest BCUT2D eigenvalue weighted by molar-refractivity contribution is -0.153. The van der Waals surface area contributed by atoms with Gasteiger partial charge in [-0.3, -0.25) is 9.78 Å². The van der Waals surface area contributed by atoms with Crippen molar-refractivity contribution in [2.75, 3.05) is 6.61 Å². The maximum absolute atomic E-state index is 13.8. The lowest BCUT2D eigenvalue weighted by Crippen LogP contribution is -2.20. The van der Waals surface area contributed by atoms with E-state index in [1.807, 2.05) is 19.9 Å². The van der Waals surface area contributed by atoms with Crippen molar-refractivity contribution in [1.82, 2.24) is 14.5 Å². The van der Waals surface area contributed by atoms with Crippen molar-refractivity contribution in [1.29, 1.82) is 5.26 Å². The Bertz CT molecular complexity index is 2030. The lowest BCUT2D eigenvalue weighted by Gasteiger charge is -2.20. The number of hydrogen-bond donors (Lipinski definition) is 1. The number of nitrogens with zero attached hydrogens (tertiary/aromatic N) is 3. The first-order valence-electron chi connectivity index (χ1n) is 11.6. The van der Waals surface area contributed by atoms with Gasteiger partial charge in [-0.25, -0.2) is 0 Å². The zero-order valence-corrected chi connectivity index (χ0v) is 21.5. The number of rotatable bonds is 6. The first-order chi connectivity index (χ1) is 18.8. The molecule has 9 nitrogen and oxygen atoms in total. The Kier molecular flexibility index (Phi) is 6.42. The van der Waals surface area contributed by atoms with E-state index in [2.05, 4.69) is 14.2 Å². The average molecular weight is 575 g/mol. The molecule has 1 N–H and O–H groups in total. The molecule has 3 aromatic heterocycles. The molecule has 3 heterocycles. The van der Waals surface area contributed by atoms with E-state index in [9.17, 15) is 35.5 Å². The van der Waals surface area contributed by atoms with Gasteiger partial charge in [0.05, 0.1) is 34.1 Å². The predicted octanol–water partition coefficient (Wildman–Crippen LogP) is 5.68. The molecule has 0 unspecified atom stereocenters. The number of hydrogen-bond acceptors (Lipinski definition) is 7. The summed E-state index contributed by atoms with van der Waals surface area (Å²) in [5, 5.41) is 10.1. The topological polar surface area (TPSA) is 127 Å². The summed E-state index contributed by atoms with van der Waals surface area (Å²) in [5.74, 6) is -0.868. The van der Waals surface area contributed by atoms with Crippen LogP contribution in [0.2, 0.25) is 0 Å². The van der Waals surface area contributed by atoms with Crippen molar-refractivity contribution < 1.29 is 34.4 Å². The Balaban J connectivity index is 1.86. The first kappa shape index (κ1) is 26.9. The van der Waals surface area contributed by atoms with Crippen LogP contribution in [0, 0.1) is 11.3 Å². The highest BCUT2D eigenvalue weighted by Gasteiger charge is 2.30. The monoisotopic (exact) mass is 574 g/mol. The molecule has 14 heteroatoms. The van der Waals surface area contributed by atoms with Gasteiger partial charge in [-0.15, -0.1) is 0 Å². The largest absolute Gasteiger partial charge is 0.488 e. The number of pyridine rings is 2. The van der Waals surface area contributed by atoms with Gasteiger partial charge in [-0.05, 0) is 44.2 Å². The Morgan fingerprint density at radius 2 is 1.88 bits per heavy atom. The zero-order valence-electron chi connectivity index (χ0n) is 20.7. The van der Waals surface area contributed by atoms with E-state index in [0.29, 0.717) is 27.6 Å². The van der Waals surface area contributed by atoms with Gasteiger partial charge in [0.25, 0.3) is 0 Å². The van der Waals surface area contributed by atoms with Crippen molar-refractivity contribution in [3.8, 4) is 28.7 Å². The highest BCUT2D eigenvalue weighted by atomic mass is 32.3. The SMILES string of the molecule is CC(C)n1c2cc(-c3cncc(OS(=O)(=O)F)c3)c(OCC(F)(F)F)cc2c(=O)c2c3ccc(C#N)cc3[nH]c21. The minimum absolute atomic E-state index is 0.0157. The molecule has 0 saturated heterocycles. The summed E-state index contributed by atoms with van der Waals surface area (Å²) < 4.78 is 85.6. The number of ether oxygens (including phenoxy) is 1. The average Bonchev–Trinajstić information content (AvgIpc) is 3.24. The van der Waals surface area contributed by atoms with Gasteiger partial charge in [0.1, 0.15) is 11.4 Å². The number of H-pyrrole nitrogens is 1. The number of aromatic nitrogens is 3. The Hall–Kier alpha value is -4.64. The third kappa shape index (κ3) is 5.03. The number of fused-ring (bicyclic) bond motifs is 4. The second-order valence-corrected chi connectivity index (χ2v) is 10.1. The van der Waals surface area contributed by atoms with Crippen molar-refractivity contribution in [2.45, 2.75) is 26.1 Å². The van der Waals surface area contributed by atoms with E-state index >= 15 is 0 Å². The van der Waals surface area contributed by atoms with E-state index in [4.69, 9.17) is 4.74 Å². The molecule has 0 aliphatic heterocycles. The molecule has 0 atom stereocenters. The van der Waals surface area contributed by atoms with Crippen molar-refractivity contribution in [2.24, 2.45) is 0 Å². The maximum atomic E-state index is 13.8. The number of nitrogens with one attached hydrogen (secondary N) is 1. The first-order valence-corrected chi connectivity index (χ1v) is 12.9. The van der Waals surface area contributed by atoms with Crippen LogP contribution in [0.25, 0.3) is 44.0 Å². The number of alkyl halides is 3. The molecule has 206 valence electrons. The highest BCUT2D eigenvalue weighted by molar-refractivity contribution is 7.81. The van der Waals surface area contributed by atoms with Gasteiger partial charge in [-0.2, -0.15) is 26.9 Å². The maximum Gasteiger partial charge on any atom is 0.488 e. The van der Waals surface area contributed by atoms with Gasteiger partial charge < -0.3 is 18.5 Å². The van der Waals surface area contributed by atoms with E-state index < -0.39 is 34.5 Å². The summed E-state index contributed by atoms with van der Waals surface area (Å²) in [6, 6.07) is 10.2. The van der Waals surface area contributed by atoms with Crippen molar-refractivity contribution in [3.63, 3.8) is 0 Å². The second-order valence-electron chi connectivity index (χ2n) is 9.17. The van der Waals surface area contributed by atoms with Gasteiger partial charge in [-0.1, -0.05) is 9.95 Å². The smallest absolute Gasteiger partial charge is 0.483 e. The minimum Gasteiger partial charge on any atom is -0.483 e. The van der Waals surface area contributed by atoms with Gasteiger partial charge >= 0.3 is 16.7 Å². The van der Waals surface area contributed by atoms with Gasteiger partial charge in [0.15, 0.2) is 17.8 Å². The normalized spacial score (nSPS) is 12.3. The Morgan fingerprint density at radius 1 is 1.12 bits per heavy atom. The number of nitriles is 1. The van der Waals surface area contributed by atoms with Gasteiger partial charge in [0, 0.05) is 34.3 Å². The summed E-state index contributed by atoms with van der Waals surface area (Å²) in [4.78, 5) is 20.8. The van der Waals surface area contributed by atoms with Crippen LogP contribution in [0.3, 0.4) is 0 Å². The summed E-state index contributed by atoms with van der Waals surface area (Å²) in [6.07, 6.45) is -2.61. The molecule has 5 rings (SSSR count). The molecule has 0 amide bonds. The Labute approximate surface area is 223 Å². The summed E-state index contributed by atoms with van der Waals surface area (Å²) in [5.41, 5.74) is 1.19. The fourth-order valence-corrected chi connectivity index (χ4v) is 4.96. The molecular weight excluding hydrogens is 556 g/mol. The second kappa shape index (κ2) is 9.53. The third-order valence-electron chi connectivity index (χ3n) is 6.11. The number of halogens is 4. The molecule has 5 aromatic rings. The molecule has 0 spiro atoms. The van der Waals surface area contributed by atoms with Crippen molar-refractivity contribution in [3.05, 3.63) is 64.6 Å². The molecular formula is C26H18F4N4O5S. The molecule has 0 aliphatic rings. The fourth-order valence-electron chi connectivity index (χ4n) is 4.64. The quantitative estimate of drug-likeness (QED) is 0.204. The number of aromatic amines is 1. The van der Waals surface area contributed by atoms with Crippen molar-refractivity contribution >= 4 is 43.3 Å². The Morgan fingerprint density at radius 3 is 2.52 bits per heavy atom. The van der Waals surface area contributed by atoms with Crippen LogP contribution in [0.5, 0.6) is 11.5 Å². The molecule has 0 bridgehead atoms. The van der Waals surface area contributed by atoms with Crippen LogP contribution in [0.1, 0.15) is 25.5 Å². The predicted molar refractivity (Wildman–Crippen MR) is 138 cm³/mol.